The molecule has 0 aromatic carbocycles. The average Bonchev–Trinajstić information content (AvgIpc) is 2.27. The van der Waals surface area contributed by atoms with E-state index in [9.17, 15) is 5.11 Å². The van der Waals surface area contributed by atoms with Crippen LogP contribution in [0.2, 0.25) is 0 Å². The first-order chi connectivity index (χ1) is 9.40. The highest BCUT2D eigenvalue weighted by Crippen LogP contribution is 2.31. The molecule has 1 aliphatic rings. The first-order valence-electron chi connectivity index (χ1n) is 7.24. The van der Waals surface area contributed by atoms with E-state index in [-0.39, 0.29) is 12.2 Å². The molecule has 1 heterocycles. The molecule has 0 radical (unpaired) electrons. The van der Waals surface area contributed by atoms with E-state index in [0.717, 1.165) is 18.7 Å². The summed E-state index contributed by atoms with van der Waals surface area (Å²) in [5.74, 6) is 1.30. The van der Waals surface area contributed by atoms with Gasteiger partial charge in [-0.3, -0.25) is 0 Å². The Hall–Kier alpha value is -1.49. The molecule has 112 valence electrons. The van der Waals surface area contributed by atoms with Gasteiger partial charge < -0.3 is 20.5 Å². The van der Waals surface area contributed by atoms with E-state index >= 15 is 0 Å². The van der Waals surface area contributed by atoms with E-state index in [1.165, 1.54) is 6.42 Å². The van der Waals surface area contributed by atoms with E-state index in [0.29, 0.717) is 24.2 Å². The summed E-state index contributed by atoms with van der Waals surface area (Å²) in [4.78, 5) is 6.70. The topological polar surface area (TPSA) is 71.6 Å². The summed E-state index contributed by atoms with van der Waals surface area (Å²) in [7, 11) is 0. The summed E-state index contributed by atoms with van der Waals surface area (Å²) >= 11 is 0. The highest BCUT2D eigenvalue weighted by molar-refractivity contribution is 5.55. The Bertz CT molecular complexity index is 453. The molecule has 2 rings (SSSR count). The van der Waals surface area contributed by atoms with E-state index in [2.05, 4.69) is 9.88 Å². The van der Waals surface area contributed by atoms with Crippen LogP contribution in [0.25, 0.3) is 0 Å². The summed E-state index contributed by atoms with van der Waals surface area (Å²) in [6, 6.07) is 4.20. The molecule has 0 aliphatic heterocycles. The molecule has 1 aromatic rings. The molecule has 5 nitrogen and oxygen atoms in total. The first kappa shape index (κ1) is 14.9. The Morgan fingerprint density at radius 3 is 2.60 bits per heavy atom. The number of hydrogen-bond donors (Lipinski definition) is 2. The molecule has 1 saturated carbocycles. The Morgan fingerprint density at radius 2 is 2.10 bits per heavy atom. The van der Waals surface area contributed by atoms with Crippen LogP contribution in [0.4, 0.5) is 11.5 Å². The van der Waals surface area contributed by atoms with Gasteiger partial charge in [-0.15, -0.1) is 0 Å². The SMILES string of the molecule is CC(C)(C)Oc1nc(N(CCO)C2CCC2)ccc1N. The fourth-order valence-electron chi connectivity index (χ4n) is 2.26. The van der Waals surface area contributed by atoms with Crippen LogP contribution in [-0.2, 0) is 0 Å². The molecule has 0 saturated heterocycles. The monoisotopic (exact) mass is 279 g/mol. The number of nitrogens with zero attached hydrogens (tertiary/aromatic N) is 2. The first-order valence-corrected chi connectivity index (χ1v) is 7.24. The second-order valence-electron chi connectivity index (χ2n) is 6.28. The Morgan fingerprint density at radius 1 is 1.40 bits per heavy atom. The lowest BCUT2D eigenvalue weighted by Gasteiger charge is -2.38. The maximum atomic E-state index is 9.25. The van der Waals surface area contributed by atoms with Gasteiger partial charge in [0.25, 0.3) is 0 Å². The van der Waals surface area contributed by atoms with Gasteiger partial charge in [0.15, 0.2) is 0 Å². The third kappa shape index (κ3) is 3.54. The summed E-state index contributed by atoms with van der Waals surface area (Å²) in [5, 5.41) is 9.25. The van der Waals surface area contributed by atoms with Crippen molar-refractivity contribution < 1.29 is 9.84 Å². The van der Waals surface area contributed by atoms with Crippen molar-refractivity contribution in [2.45, 2.75) is 51.7 Å². The largest absolute Gasteiger partial charge is 0.470 e. The van der Waals surface area contributed by atoms with Gasteiger partial charge in [0.1, 0.15) is 11.4 Å². The van der Waals surface area contributed by atoms with Crippen molar-refractivity contribution in [2.24, 2.45) is 0 Å². The number of nitrogen functional groups attached to an aromatic ring is 1. The third-order valence-electron chi connectivity index (χ3n) is 3.43. The minimum Gasteiger partial charge on any atom is -0.470 e. The molecular formula is C15H25N3O2. The number of pyridine rings is 1. The predicted octanol–water partition coefficient (Wildman–Crippen LogP) is 2.19. The van der Waals surface area contributed by atoms with E-state index in [1.807, 2.05) is 32.9 Å². The van der Waals surface area contributed by atoms with Crippen molar-refractivity contribution in [3.8, 4) is 5.88 Å². The standard InChI is InChI=1S/C15H25N3O2/c1-15(2,3)20-14-12(16)7-8-13(17-14)18(9-10-19)11-5-4-6-11/h7-8,11,19H,4-6,9-10,16H2,1-3H3. The fourth-order valence-corrected chi connectivity index (χ4v) is 2.26. The molecule has 1 aromatic heterocycles. The van der Waals surface area contributed by atoms with Crippen molar-refractivity contribution in [3.63, 3.8) is 0 Å². The zero-order valence-corrected chi connectivity index (χ0v) is 12.6. The predicted molar refractivity (Wildman–Crippen MR) is 81.1 cm³/mol. The van der Waals surface area contributed by atoms with Crippen molar-refractivity contribution in [1.82, 2.24) is 4.98 Å². The van der Waals surface area contributed by atoms with Crippen LogP contribution < -0.4 is 15.4 Å². The van der Waals surface area contributed by atoms with Crippen LogP contribution in [0.15, 0.2) is 12.1 Å². The number of rotatable bonds is 5. The maximum absolute atomic E-state index is 9.25. The molecule has 3 N–H and O–H groups in total. The number of anilines is 2. The normalized spacial score (nSPS) is 15.8. The highest BCUT2D eigenvalue weighted by atomic mass is 16.5. The van der Waals surface area contributed by atoms with Crippen LogP contribution in [0, 0.1) is 0 Å². The van der Waals surface area contributed by atoms with Crippen molar-refractivity contribution in [1.29, 1.82) is 0 Å². The fraction of sp³-hybridized carbons (Fsp3) is 0.667. The lowest BCUT2D eigenvalue weighted by Crippen LogP contribution is -2.42. The molecule has 0 bridgehead atoms. The zero-order valence-electron chi connectivity index (χ0n) is 12.6. The van der Waals surface area contributed by atoms with Gasteiger partial charge in [-0.1, -0.05) is 0 Å². The van der Waals surface area contributed by atoms with Gasteiger partial charge in [0.2, 0.25) is 5.88 Å². The molecule has 5 heteroatoms. The second-order valence-corrected chi connectivity index (χ2v) is 6.28. The molecule has 20 heavy (non-hydrogen) atoms. The van der Waals surface area contributed by atoms with Gasteiger partial charge in [0, 0.05) is 12.6 Å². The van der Waals surface area contributed by atoms with Gasteiger partial charge in [-0.2, -0.15) is 4.98 Å². The summed E-state index contributed by atoms with van der Waals surface area (Å²) in [6.07, 6.45) is 3.55. The quantitative estimate of drug-likeness (QED) is 0.864. The van der Waals surface area contributed by atoms with E-state index in [1.54, 1.807) is 0 Å². The number of aliphatic hydroxyl groups is 1. The molecule has 0 spiro atoms. The van der Waals surface area contributed by atoms with Crippen LogP contribution >= 0.6 is 0 Å². The maximum Gasteiger partial charge on any atom is 0.239 e. The summed E-state index contributed by atoms with van der Waals surface area (Å²) in [6.45, 7) is 6.63. The van der Waals surface area contributed by atoms with E-state index in [4.69, 9.17) is 10.5 Å². The summed E-state index contributed by atoms with van der Waals surface area (Å²) in [5.41, 5.74) is 6.15. The number of ether oxygens (including phenoxy) is 1. The van der Waals surface area contributed by atoms with Crippen LogP contribution in [0.5, 0.6) is 5.88 Å². The summed E-state index contributed by atoms with van der Waals surface area (Å²) < 4.78 is 5.81. The molecule has 0 atom stereocenters. The lowest BCUT2D eigenvalue weighted by molar-refractivity contribution is 0.125. The van der Waals surface area contributed by atoms with Crippen LogP contribution in [0.3, 0.4) is 0 Å². The minimum atomic E-state index is -0.335. The molecule has 1 fully saturated rings. The second kappa shape index (κ2) is 5.87. The van der Waals surface area contributed by atoms with Gasteiger partial charge in [0.05, 0.1) is 12.3 Å². The Kier molecular flexibility index (Phi) is 4.38. The number of nitrogens with two attached hydrogens (primary N) is 1. The molecule has 0 amide bonds. The van der Waals surface area contributed by atoms with Crippen molar-refractivity contribution in [2.75, 3.05) is 23.8 Å². The number of hydrogen-bond acceptors (Lipinski definition) is 5. The Balaban J connectivity index is 2.23. The molecule has 0 unspecified atom stereocenters. The van der Waals surface area contributed by atoms with Crippen LogP contribution in [-0.4, -0.2) is 34.9 Å². The Labute approximate surface area is 120 Å². The van der Waals surface area contributed by atoms with Crippen molar-refractivity contribution in [3.05, 3.63) is 12.1 Å². The number of aromatic nitrogens is 1. The van der Waals surface area contributed by atoms with Gasteiger partial charge >= 0.3 is 0 Å². The van der Waals surface area contributed by atoms with Crippen molar-refractivity contribution >= 4 is 11.5 Å². The highest BCUT2D eigenvalue weighted by Gasteiger charge is 2.26. The van der Waals surface area contributed by atoms with E-state index < -0.39 is 0 Å². The van der Waals surface area contributed by atoms with Crippen LogP contribution in [0.1, 0.15) is 40.0 Å². The average molecular weight is 279 g/mol. The molecule has 1 aliphatic carbocycles. The smallest absolute Gasteiger partial charge is 0.239 e. The van der Waals surface area contributed by atoms with Gasteiger partial charge in [-0.25, -0.2) is 0 Å². The number of aliphatic hydroxyl groups excluding tert-OH is 1. The van der Waals surface area contributed by atoms with Gasteiger partial charge in [-0.05, 0) is 52.2 Å². The lowest BCUT2D eigenvalue weighted by atomic mass is 9.91. The molecular weight excluding hydrogens is 254 g/mol. The third-order valence-corrected chi connectivity index (χ3v) is 3.43. The zero-order chi connectivity index (χ0) is 14.8. The minimum absolute atomic E-state index is 0.123.